The van der Waals surface area contributed by atoms with E-state index in [4.69, 9.17) is 10.5 Å². The van der Waals surface area contributed by atoms with Gasteiger partial charge in [-0.05, 0) is 37.0 Å². The summed E-state index contributed by atoms with van der Waals surface area (Å²) in [5, 5.41) is 0. The molecule has 0 radical (unpaired) electrons. The molecule has 19 heavy (non-hydrogen) atoms. The Balaban J connectivity index is 1.85. The van der Waals surface area contributed by atoms with Crippen LogP contribution in [0.1, 0.15) is 18.4 Å². The van der Waals surface area contributed by atoms with Crippen molar-refractivity contribution in [3.05, 3.63) is 23.8 Å². The number of fused-ring (bicyclic) bond motifs is 1. The Morgan fingerprint density at radius 1 is 1.42 bits per heavy atom. The van der Waals surface area contributed by atoms with Gasteiger partial charge in [-0.1, -0.05) is 6.07 Å². The van der Waals surface area contributed by atoms with Gasteiger partial charge in [-0.3, -0.25) is 4.31 Å². The molecule has 2 heterocycles. The van der Waals surface area contributed by atoms with E-state index < -0.39 is 10.0 Å². The van der Waals surface area contributed by atoms with Gasteiger partial charge in [0.1, 0.15) is 0 Å². The molecule has 1 aromatic carbocycles. The molecule has 104 valence electrons. The Hall–Kier alpha value is -1.27. The standard InChI is InChI=1S/C13H18N2O3S/c14-11-4-3-10-5-6-15(13(10)8-11)19(16,17)9-12-2-1-7-18-12/h3-4,8,12H,1-2,5-7,9,14H2. The molecule has 0 aliphatic carbocycles. The van der Waals surface area contributed by atoms with Crippen molar-refractivity contribution in [2.45, 2.75) is 25.4 Å². The van der Waals surface area contributed by atoms with E-state index in [-0.39, 0.29) is 11.9 Å². The van der Waals surface area contributed by atoms with Gasteiger partial charge in [0.15, 0.2) is 0 Å². The molecule has 5 nitrogen and oxygen atoms in total. The Morgan fingerprint density at radius 3 is 3.00 bits per heavy atom. The highest BCUT2D eigenvalue weighted by atomic mass is 32.2. The number of nitrogens with two attached hydrogens (primary N) is 1. The average molecular weight is 282 g/mol. The summed E-state index contributed by atoms with van der Waals surface area (Å²) in [4.78, 5) is 0. The van der Waals surface area contributed by atoms with Crippen LogP contribution in [0.3, 0.4) is 0 Å². The van der Waals surface area contributed by atoms with Crippen LogP contribution in [0.15, 0.2) is 18.2 Å². The van der Waals surface area contributed by atoms with Crippen molar-refractivity contribution in [1.82, 2.24) is 0 Å². The summed E-state index contributed by atoms with van der Waals surface area (Å²) in [6, 6.07) is 5.47. The fraction of sp³-hybridized carbons (Fsp3) is 0.538. The molecule has 0 aromatic heterocycles. The summed E-state index contributed by atoms with van der Waals surface area (Å²) < 4.78 is 31.9. The lowest BCUT2D eigenvalue weighted by atomic mass is 10.1. The van der Waals surface area contributed by atoms with Gasteiger partial charge in [0.2, 0.25) is 10.0 Å². The number of nitrogen functional groups attached to an aromatic ring is 1. The second kappa shape index (κ2) is 4.68. The van der Waals surface area contributed by atoms with E-state index in [2.05, 4.69) is 0 Å². The van der Waals surface area contributed by atoms with Crippen LogP contribution >= 0.6 is 0 Å². The summed E-state index contributed by atoms with van der Waals surface area (Å²) in [6.07, 6.45) is 2.37. The number of ether oxygens (including phenoxy) is 1. The van der Waals surface area contributed by atoms with E-state index in [0.29, 0.717) is 18.8 Å². The van der Waals surface area contributed by atoms with Crippen molar-refractivity contribution in [3.63, 3.8) is 0 Å². The van der Waals surface area contributed by atoms with Crippen molar-refractivity contribution in [2.75, 3.05) is 28.9 Å². The van der Waals surface area contributed by atoms with Crippen LogP contribution in [0.5, 0.6) is 0 Å². The maximum Gasteiger partial charge on any atom is 0.237 e. The zero-order valence-corrected chi connectivity index (χ0v) is 11.5. The maximum absolute atomic E-state index is 12.5. The van der Waals surface area contributed by atoms with E-state index in [1.807, 2.05) is 12.1 Å². The normalized spacial score (nSPS) is 22.7. The van der Waals surface area contributed by atoms with E-state index in [1.54, 1.807) is 6.07 Å². The Kier molecular flexibility index (Phi) is 3.14. The van der Waals surface area contributed by atoms with Gasteiger partial charge in [-0.2, -0.15) is 0 Å². The highest BCUT2D eigenvalue weighted by Gasteiger charge is 2.32. The molecule has 2 N–H and O–H groups in total. The highest BCUT2D eigenvalue weighted by molar-refractivity contribution is 7.92. The molecule has 1 aromatic rings. The minimum atomic E-state index is -3.32. The molecule has 3 rings (SSSR count). The summed E-state index contributed by atoms with van der Waals surface area (Å²) in [5.74, 6) is 0.0707. The molecule has 0 saturated carbocycles. The topological polar surface area (TPSA) is 72.6 Å². The summed E-state index contributed by atoms with van der Waals surface area (Å²) in [5.41, 5.74) is 8.13. The largest absolute Gasteiger partial charge is 0.399 e. The quantitative estimate of drug-likeness (QED) is 0.844. The molecule has 2 aliphatic rings. The van der Waals surface area contributed by atoms with E-state index in [1.165, 1.54) is 4.31 Å². The van der Waals surface area contributed by atoms with Gasteiger partial charge in [0.05, 0.1) is 17.5 Å². The lowest BCUT2D eigenvalue weighted by Gasteiger charge is -2.21. The summed E-state index contributed by atoms with van der Waals surface area (Å²) >= 11 is 0. The van der Waals surface area contributed by atoms with Crippen molar-refractivity contribution in [2.24, 2.45) is 0 Å². The predicted octanol–water partition coefficient (Wildman–Crippen LogP) is 1.14. The van der Waals surface area contributed by atoms with E-state index in [9.17, 15) is 8.42 Å². The van der Waals surface area contributed by atoms with Crippen LogP contribution in [0, 0.1) is 0 Å². The monoisotopic (exact) mass is 282 g/mol. The zero-order valence-electron chi connectivity index (χ0n) is 10.7. The van der Waals surface area contributed by atoms with Crippen LogP contribution in [0.2, 0.25) is 0 Å². The van der Waals surface area contributed by atoms with Crippen molar-refractivity contribution >= 4 is 21.4 Å². The van der Waals surface area contributed by atoms with Crippen LogP contribution in [0.25, 0.3) is 0 Å². The number of hydrogen-bond donors (Lipinski definition) is 1. The Labute approximate surface area is 113 Å². The third-order valence-electron chi connectivity index (χ3n) is 3.72. The molecule has 6 heteroatoms. The minimum absolute atomic E-state index is 0.0707. The fourth-order valence-electron chi connectivity index (χ4n) is 2.76. The minimum Gasteiger partial charge on any atom is -0.399 e. The number of nitrogens with zero attached hydrogens (tertiary/aromatic N) is 1. The van der Waals surface area contributed by atoms with Gasteiger partial charge in [-0.25, -0.2) is 8.42 Å². The third-order valence-corrected chi connectivity index (χ3v) is 5.56. The van der Waals surface area contributed by atoms with E-state index >= 15 is 0 Å². The lowest BCUT2D eigenvalue weighted by molar-refractivity contribution is 0.127. The smallest absolute Gasteiger partial charge is 0.237 e. The number of hydrogen-bond acceptors (Lipinski definition) is 4. The lowest BCUT2D eigenvalue weighted by Crippen LogP contribution is -2.35. The second-order valence-electron chi connectivity index (χ2n) is 5.12. The van der Waals surface area contributed by atoms with Crippen LogP contribution in [0.4, 0.5) is 11.4 Å². The zero-order chi connectivity index (χ0) is 13.5. The van der Waals surface area contributed by atoms with Gasteiger partial charge < -0.3 is 10.5 Å². The molecule has 1 saturated heterocycles. The molecule has 0 spiro atoms. The first-order chi connectivity index (χ1) is 9.06. The Morgan fingerprint density at radius 2 is 2.26 bits per heavy atom. The summed E-state index contributed by atoms with van der Waals surface area (Å²) in [6.45, 7) is 1.18. The van der Waals surface area contributed by atoms with Gasteiger partial charge in [0, 0.05) is 18.8 Å². The molecular formula is C13H18N2O3S. The second-order valence-corrected chi connectivity index (χ2v) is 7.06. The first kappa shape index (κ1) is 12.7. The summed E-state index contributed by atoms with van der Waals surface area (Å²) in [7, 11) is -3.32. The van der Waals surface area contributed by atoms with Crippen LogP contribution in [-0.2, 0) is 21.2 Å². The molecule has 1 atom stereocenters. The SMILES string of the molecule is Nc1ccc2c(c1)N(S(=O)(=O)CC1CCCO1)CC2. The molecule has 1 unspecified atom stereocenters. The van der Waals surface area contributed by atoms with Crippen molar-refractivity contribution in [1.29, 1.82) is 0 Å². The van der Waals surface area contributed by atoms with Crippen LogP contribution < -0.4 is 10.0 Å². The number of rotatable bonds is 3. The maximum atomic E-state index is 12.5. The molecule has 0 bridgehead atoms. The van der Waals surface area contributed by atoms with E-state index in [0.717, 1.165) is 30.5 Å². The third kappa shape index (κ3) is 2.42. The van der Waals surface area contributed by atoms with Crippen molar-refractivity contribution in [3.8, 4) is 0 Å². The number of sulfonamides is 1. The molecule has 0 amide bonds. The highest BCUT2D eigenvalue weighted by Crippen LogP contribution is 2.32. The number of anilines is 2. The Bertz CT molecular complexity index is 580. The molecule has 1 fully saturated rings. The van der Waals surface area contributed by atoms with Crippen LogP contribution in [-0.4, -0.2) is 33.4 Å². The molecular weight excluding hydrogens is 264 g/mol. The molecule has 2 aliphatic heterocycles. The fourth-order valence-corrected chi connectivity index (χ4v) is 4.51. The van der Waals surface area contributed by atoms with Crippen molar-refractivity contribution < 1.29 is 13.2 Å². The first-order valence-corrected chi connectivity index (χ1v) is 8.17. The van der Waals surface area contributed by atoms with Gasteiger partial charge in [-0.15, -0.1) is 0 Å². The van der Waals surface area contributed by atoms with Gasteiger partial charge in [0.25, 0.3) is 0 Å². The average Bonchev–Trinajstić information content (AvgIpc) is 2.96. The predicted molar refractivity (Wildman–Crippen MR) is 74.7 cm³/mol. The number of benzene rings is 1. The van der Waals surface area contributed by atoms with Gasteiger partial charge >= 0.3 is 0 Å². The first-order valence-electron chi connectivity index (χ1n) is 6.57.